The van der Waals surface area contributed by atoms with Gasteiger partial charge in [0.15, 0.2) is 0 Å². The highest BCUT2D eigenvalue weighted by atomic mass is 19.1. The van der Waals surface area contributed by atoms with Crippen LogP contribution in [0.5, 0.6) is 0 Å². The summed E-state index contributed by atoms with van der Waals surface area (Å²) in [6, 6.07) is 15.9. The molecule has 1 heterocycles. The largest absolute Gasteiger partial charge is 0.350 e. The summed E-state index contributed by atoms with van der Waals surface area (Å²) in [6.07, 6.45) is 5.39. The molecule has 3 rings (SSSR count). The van der Waals surface area contributed by atoms with E-state index in [9.17, 15) is 14.0 Å². The summed E-state index contributed by atoms with van der Waals surface area (Å²) in [7, 11) is 0. The fourth-order valence-electron chi connectivity index (χ4n) is 3.70. The molecule has 0 bridgehead atoms. The van der Waals surface area contributed by atoms with E-state index >= 15 is 0 Å². The lowest BCUT2D eigenvalue weighted by atomic mass is 9.93. The van der Waals surface area contributed by atoms with E-state index in [-0.39, 0.29) is 29.6 Å². The molecule has 152 valence electrons. The fourth-order valence-corrected chi connectivity index (χ4v) is 3.70. The maximum atomic E-state index is 12.9. The molecule has 0 spiro atoms. The lowest BCUT2D eigenvalue weighted by molar-refractivity contribution is -0.134. The van der Waals surface area contributed by atoms with Crippen molar-refractivity contribution in [1.82, 2.24) is 10.2 Å². The Bertz CT molecular complexity index is 841. The van der Waals surface area contributed by atoms with Gasteiger partial charge in [0, 0.05) is 25.2 Å². The van der Waals surface area contributed by atoms with Gasteiger partial charge in [0.2, 0.25) is 11.8 Å². The van der Waals surface area contributed by atoms with Crippen molar-refractivity contribution in [2.24, 2.45) is 0 Å². The molecule has 0 radical (unpaired) electrons. The summed E-state index contributed by atoms with van der Waals surface area (Å²) in [5.74, 6) is -0.416. The Kier molecular flexibility index (Phi) is 7.17. The Morgan fingerprint density at radius 1 is 1.10 bits per heavy atom. The second-order valence-corrected chi connectivity index (χ2v) is 7.36. The molecule has 1 fully saturated rings. The van der Waals surface area contributed by atoms with Crippen LogP contribution in [0.15, 0.2) is 60.7 Å². The number of carbonyl (C=O) groups is 2. The Hall–Kier alpha value is -2.95. The van der Waals surface area contributed by atoms with Crippen molar-refractivity contribution in [2.45, 2.75) is 38.1 Å². The minimum atomic E-state index is -0.300. The zero-order chi connectivity index (χ0) is 20.6. The monoisotopic (exact) mass is 394 g/mol. The van der Waals surface area contributed by atoms with Gasteiger partial charge in [-0.2, -0.15) is 0 Å². The summed E-state index contributed by atoms with van der Waals surface area (Å²) in [4.78, 5) is 27.0. The van der Waals surface area contributed by atoms with Gasteiger partial charge in [-0.25, -0.2) is 4.39 Å². The van der Waals surface area contributed by atoms with Crippen LogP contribution in [0.4, 0.5) is 4.39 Å². The van der Waals surface area contributed by atoms with Crippen LogP contribution in [0.1, 0.15) is 43.2 Å². The number of nitrogens with one attached hydrogen (secondary N) is 1. The zero-order valence-corrected chi connectivity index (χ0v) is 16.7. The Morgan fingerprint density at radius 3 is 2.38 bits per heavy atom. The first kappa shape index (κ1) is 20.8. The Labute approximate surface area is 171 Å². The number of halogens is 1. The van der Waals surface area contributed by atoms with E-state index in [0.717, 1.165) is 30.4 Å². The number of rotatable bonds is 6. The lowest BCUT2D eigenvalue weighted by Crippen LogP contribution is -2.47. The lowest BCUT2D eigenvalue weighted by Gasteiger charge is -2.34. The molecule has 1 aliphatic rings. The van der Waals surface area contributed by atoms with E-state index in [2.05, 4.69) is 5.32 Å². The van der Waals surface area contributed by atoms with E-state index < -0.39 is 0 Å². The first-order valence-electron chi connectivity index (χ1n) is 10.1. The SMILES string of the molecule is CCC(C(=O)N1CCC(NC(=O)C=Cc2ccc(F)cc2)CC1)c1ccccc1. The van der Waals surface area contributed by atoms with Crippen LogP contribution in [0.25, 0.3) is 6.08 Å². The quantitative estimate of drug-likeness (QED) is 0.749. The molecule has 1 N–H and O–H groups in total. The van der Waals surface area contributed by atoms with Crippen molar-refractivity contribution in [1.29, 1.82) is 0 Å². The van der Waals surface area contributed by atoms with Gasteiger partial charge in [0.05, 0.1) is 5.92 Å². The van der Waals surface area contributed by atoms with Gasteiger partial charge >= 0.3 is 0 Å². The average molecular weight is 394 g/mol. The van der Waals surface area contributed by atoms with Crippen LogP contribution in [0.3, 0.4) is 0 Å². The number of benzene rings is 2. The highest BCUT2D eigenvalue weighted by Crippen LogP contribution is 2.24. The van der Waals surface area contributed by atoms with E-state index in [1.807, 2.05) is 42.2 Å². The maximum absolute atomic E-state index is 12.9. The van der Waals surface area contributed by atoms with Gasteiger partial charge < -0.3 is 10.2 Å². The van der Waals surface area contributed by atoms with Crippen LogP contribution in [0, 0.1) is 5.82 Å². The van der Waals surface area contributed by atoms with E-state index in [0.29, 0.717) is 13.1 Å². The van der Waals surface area contributed by atoms with Gasteiger partial charge in [0.25, 0.3) is 0 Å². The zero-order valence-electron chi connectivity index (χ0n) is 16.7. The molecule has 2 aromatic carbocycles. The second kappa shape index (κ2) is 10.0. The van der Waals surface area contributed by atoms with Crippen LogP contribution in [0.2, 0.25) is 0 Å². The maximum Gasteiger partial charge on any atom is 0.244 e. The summed E-state index contributed by atoms with van der Waals surface area (Å²) in [5, 5.41) is 3.00. The average Bonchev–Trinajstić information content (AvgIpc) is 2.75. The third kappa shape index (κ3) is 5.76. The summed E-state index contributed by atoms with van der Waals surface area (Å²) in [5.41, 5.74) is 1.83. The van der Waals surface area contributed by atoms with Gasteiger partial charge in [-0.1, -0.05) is 49.4 Å². The van der Waals surface area contributed by atoms with Crippen molar-refractivity contribution in [3.63, 3.8) is 0 Å². The molecule has 2 aromatic rings. The molecule has 1 atom stereocenters. The van der Waals surface area contributed by atoms with Gasteiger partial charge in [-0.15, -0.1) is 0 Å². The topological polar surface area (TPSA) is 49.4 Å². The molecular weight excluding hydrogens is 367 g/mol. The number of amides is 2. The van der Waals surface area contributed by atoms with Crippen molar-refractivity contribution in [3.05, 3.63) is 77.6 Å². The minimum absolute atomic E-state index is 0.0567. The van der Waals surface area contributed by atoms with Crippen LogP contribution in [-0.4, -0.2) is 35.8 Å². The smallest absolute Gasteiger partial charge is 0.244 e. The van der Waals surface area contributed by atoms with Gasteiger partial charge in [-0.05, 0) is 48.6 Å². The first-order valence-corrected chi connectivity index (χ1v) is 10.1. The minimum Gasteiger partial charge on any atom is -0.350 e. The summed E-state index contributed by atoms with van der Waals surface area (Å²) >= 11 is 0. The third-order valence-corrected chi connectivity index (χ3v) is 5.36. The van der Waals surface area contributed by atoms with Crippen molar-refractivity contribution >= 4 is 17.9 Å². The standard InChI is InChI=1S/C24H27FN2O2/c1-2-22(19-6-4-3-5-7-19)24(29)27-16-14-21(15-17-27)26-23(28)13-10-18-8-11-20(25)12-9-18/h3-13,21-22H,2,14-17H2,1H3,(H,26,28). The van der Waals surface area contributed by atoms with E-state index in [4.69, 9.17) is 0 Å². The molecule has 4 nitrogen and oxygen atoms in total. The fraction of sp³-hybridized carbons (Fsp3) is 0.333. The molecule has 5 heteroatoms. The number of nitrogens with zero attached hydrogens (tertiary/aromatic N) is 1. The highest BCUT2D eigenvalue weighted by Gasteiger charge is 2.28. The number of hydrogen-bond donors (Lipinski definition) is 1. The number of hydrogen-bond acceptors (Lipinski definition) is 2. The van der Waals surface area contributed by atoms with E-state index in [1.54, 1.807) is 18.2 Å². The summed E-state index contributed by atoms with van der Waals surface area (Å²) < 4.78 is 12.9. The van der Waals surface area contributed by atoms with Crippen molar-refractivity contribution in [2.75, 3.05) is 13.1 Å². The van der Waals surface area contributed by atoms with Crippen LogP contribution in [-0.2, 0) is 9.59 Å². The molecule has 29 heavy (non-hydrogen) atoms. The predicted molar refractivity (Wildman–Crippen MR) is 113 cm³/mol. The van der Waals surface area contributed by atoms with Crippen molar-refractivity contribution < 1.29 is 14.0 Å². The molecule has 1 unspecified atom stereocenters. The van der Waals surface area contributed by atoms with Crippen LogP contribution >= 0.6 is 0 Å². The number of likely N-dealkylation sites (tertiary alicyclic amines) is 1. The predicted octanol–water partition coefficient (Wildman–Crippen LogP) is 4.14. The molecule has 1 saturated heterocycles. The molecule has 0 aromatic heterocycles. The highest BCUT2D eigenvalue weighted by molar-refractivity contribution is 5.92. The Balaban J connectivity index is 1.49. The molecule has 2 amide bonds. The number of piperidine rings is 1. The van der Waals surface area contributed by atoms with Crippen molar-refractivity contribution in [3.8, 4) is 0 Å². The third-order valence-electron chi connectivity index (χ3n) is 5.36. The van der Waals surface area contributed by atoms with E-state index in [1.165, 1.54) is 18.2 Å². The molecule has 1 aliphatic heterocycles. The summed E-state index contributed by atoms with van der Waals surface area (Å²) in [6.45, 7) is 3.33. The number of carbonyl (C=O) groups excluding carboxylic acids is 2. The molecule has 0 saturated carbocycles. The normalized spacial score (nSPS) is 16.0. The first-order chi connectivity index (χ1) is 14.1. The molecule has 0 aliphatic carbocycles. The second-order valence-electron chi connectivity index (χ2n) is 7.36. The van der Waals surface area contributed by atoms with Gasteiger partial charge in [-0.3, -0.25) is 9.59 Å². The molecular formula is C24H27FN2O2. The Morgan fingerprint density at radius 2 is 1.76 bits per heavy atom. The van der Waals surface area contributed by atoms with Gasteiger partial charge in [0.1, 0.15) is 5.82 Å². The van der Waals surface area contributed by atoms with Crippen LogP contribution < -0.4 is 5.32 Å².